The summed E-state index contributed by atoms with van der Waals surface area (Å²) >= 11 is 0. The molecule has 43 heavy (non-hydrogen) atoms. The maximum absolute atomic E-state index is 11.1. The summed E-state index contributed by atoms with van der Waals surface area (Å²) < 4.78 is 51.5. The van der Waals surface area contributed by atoms with Crippen LogP contribution in [0.25, 0.3) is 0 Å². The Morgan fingerprint density at radius 3 is 1.49 bits per heavy atom. The number of rotatable bonds is 22. The highest BCUT2D eigenvalue weighted by molar-refractivity contribution is 7.85. The second kappa shape index (κ2) is 24.7. The summed E-state index contributed by atoms with van der Waals surface area (Å²) in [5.41, 5.74) is 0.498. The van der Waals surface area contributed by atoms with E-state index in [2.05, 4.69) is 6.92 Å². The third-order valence-electron chi connectivity index (χ3n) is 6.33. The van der Waals surface area contributed by atoms with Crippen LogP contribution >= 0.6 is 0 Å². The molecule has 0 aliphatic carbocycles. The summed E-state index contributed by atoms with van der Waals surface area (Å²) in [6.45, 7) is 10.7. The molecule has 0 atom stereocenters. The second-order valence-corrected chi connectivity index (χ2v) is 11.7. The third-order valence-corrected chi connectivity index (χ3v) is 7.34. The summed E-state index contributed by atoms with van der Waals surface area (Å²) in [5.74, 6) is -0.393. The number of hydrogen-bond acceptors (Lipinski definition) is 10. The van der Waals surface area contributed by atoms with Crippen LogP contribution in [0.1, 0.15) is 97.5 Å². The molecule has 0 aliphatic heterocycles. The zero-order valence-corrected chi connectivity index (χ0v) is 27.5. The first-order valence-electron chi connectivity index (χ1n) is 15.2. The molecule has 0 saturated heterocycles. The standard InChI is InChI=1S/C19H32O4S.C12H21NO6/c1-3-4-5-6-7-8-9-10-11-12-15-23-18-13-14-19(17(2)16-18)24(20,21)22;1-10(14)17-7-4-13(5-8-18-11(2)15)6-9-19-12(3)16/h13-14,16H,3-12,15H2,1-2H3,(H,20,21,22);4-9H2,1-3H3. The van der Waals surface area contributed by atoms with Gasteiger partial charge in [0.1, 0.15) is 25.6 Å². The van der Waals surface area contributed by atoms with Crippen molar-refractivity contribution in [1.82, 2.24) is 4.90 Å². The number of aryl methyl sites for hydroxylation is 1. The van der Waals surface area contributed by atoms with Crippen LogP contribution in [0.3, 0.4) is 0 Å². The Hall–Kier alpha value is -2.70. The minimum Gasteiger partial charge on any atom is -0.494 e. The van der Waals surface area contributed by atoms with E-state index in [1.165, 1.54) is 78.2 Å². The highest BCUT2D eigenvalue weighted by Gasteiger charge is 2.13. The van der Waals surface area contributed by atoms with Crippen LogP contribution in [-0.2, 0) is 38.7 Å². The van der Waals surface area contributed by atoms with Crippen molar-refractivity contribution in [1.29, 1.82) is 0 Å². The zero-order valence-electron chi connectivity index (χ0n) is 26.7. The Morgan fingerprint density at radius 1 is 0.698 bits per heavy atom. The van der Waals surface area contributed by atoms with Gasteiger partial charge in [-0.3, -0.25) is 23.8 Å². The van der Waals surface area contributed by atoms with E-state index in [0.29, 0.717) is 37.6 Å². The molecule has 1 aromatic rings. The maximum Gasteiger partial charge on any atom is 0.302 e. The Labute approximate surface area is 258 Å². The molecule has 0 saturated carbocycles. The summed E-state index contributed by atoms with van der Waals surface area (Å²) in [7, 11) is -4.15. The van der Waals surface area contributed by atoms with Gasteiger partial charge >= 0.3 is 17.9 Å². The van der Waals surface area contributed by atoms with Crippen molar-refractivity contribution in [3.63, 3.8) is 0 Å². The van der Waals surface area contributed by atoms with Gasteiger partial charge in [0, 0.05) is 40.4 Å². The smallest absolute Gasteiger partial charge is 0.302 e. The monoisotopic (exact) mass is 631 g/mol. The van der Waals surface area contributed by atoms with Gasteiger partial charge in [-0.05, 0) is 37.1 Å². The predicted octanol–water partition coefficient (Wildman–Crippen LogP) is 5.52. The molecule has 11 nitrogen and oxygen atoms in total. The highest BCUT2D eigenvalue weighted by atomic mass is 32.2. The topological polar surface area (TPSA) is 146 Å². The molecule has 0 unspecified atom stereocenters. The molecule has 0 radical (unpaired) electrons. The van der Waals surface area contributed by atoms with Gasteiger partial charge in [-0.1, -0.05) is 64.7 Å². The Morgan fingerprint density at radius 2 is 1.12 bits per heavy atom. The number of esters is 3. The molecule has 0 aliphatic rings. The lowest BCUT2D eigenvalue weighted by Gasteiger charge is -2.21. The summed E-state index contributed by atoms with van der Waals surface area (Å²) in [6.07, 6.45) is 12.8. The van der Waals surface area contributed by atoms with Crippen molar-refractivity contribution < 1.29 is 46.3 Å². The fourth-order valence-corrected chi connectivity index (χ4v) is 4.78. The number of carbonyl (C=O) groups excluding carboxylic acids is 3. The van der Waals surface area contributed by atoms with E-state index < -0.39 is 10.1 Å². The number of nitrogens with zero attached hydrogens (tertiary/aromatic N) is 1. The van der Waals surface area contributed by atoms with Crippen LogP contribution in [0, 0.1) is 6.92 Å². The Bertz CT molecular complexity index is 982. The molecule has 0 aromatic heterocycles. The molecule has 0 amide bonds. The van der Waals surface area contributed by atoms with Crippen LogP contribution in [0.5, 0.6) is 5.75 Å². The van der Waals surface area contributed by atoms with Crippen LogP contribution in [0.2, 0.25) is 0 Å². The average molecular weight is 632 g/mol. The van der Waals surface area contributed by atoms with Crippen molar-refractivity contribution in [2.45, 2.75) is 104 Å². The lowest BCUT2D eigenvalue weighted by molar-refractivity contribution is -0.141. The van der Waals surface area contributed by atoms with Gasteiger partial charge in [0.25, 0.3) is 10.1 Å². The quantitative estimate of drug-likeness (QED) is 0.0747. The lowest BCUT2D eigenvalue weighted by Crippen LogP contribution is -2.34. The fourth-order valence-electron chi connectivity index (χ4n) is 4.07. The van der Waals surface area contributed by atoms with Crippen molar-refractivity contribution in [3.05, 3.63) is 23.8 Å². The molecule has 248 valence electrons. The van der Waals surface area contributed by atoms with Crippen LogP contribution in [-0.4, -0.2) is 81.8 Å². The Kier molecular flexibility index (Phi) is 23.2. The van der Waals surface area contributed by atoms with Crippen LogP contribution in [0.15, 0.2) is 23.1 Å². The van der Waals surface area contributed by atoms with E-state index in [4.69, 9.17) is 23.5 Å². The molecule has 1 rings (SSSR count). The summed E-state index contributed by atoms with van der Waals surface area (Å²) in [6, 6.07) is 4.63. The van der Waals surface area contributed by atoms with Crippen molar-refractivity contribution in [3.8, 4) is 5.75 Å². The van der Waals surface area contributed by atoms with Gasteiger partial charge in [0.05, 0.1) is 11.5 Å². The molecule has 1 aromatic carbocycles. The van der Waals surface area contributed by atoms with E-state index in [0.717, 1.165) is 12.8 Å². The first-order chi connectivity index (χ1) is 20.4. The van der Waals surface area contributed by atoms with Gasteiger partial charge in [-0.25, -0.2) is 0 Å². The van der Waals surface area contributed by atoms with E-state index in [1.54, 1.807) is 19.1 Å². The van der Waals surface area contributed by atoms with E-state index in [9.17, 15) is 22.8 Å². The molecule has 0 fully saturated rings. The summed E-state index contributed by atoms with van der Waals surface area (Å²) in [4.78, 5) is 33.8. The SMILES string of the molecule is CC(=O)OCCN(CCOC(C)=O)CCOC(C)=O.CCCCCCCCCCCCOc1ccc(S(=O)(=O)O)c(C)c1. The van der Waals surface area contributed by atoms with Gasteiger partial charge < -0.3 is 18.9 Å². The molecule has 1 N–H and O–H groups in total. The van der Waals surface area contributed by atoms with E-state index in [1.807, 2.05) is 4.90 Å². The largest absolute Gasteiger partial charge is 0.494 e. The minimum atomic E-state index is -4.15. The van der Waals surface area contributed by atoms with E-state index >= 15 is 0 Å². The van der Waals surface area contributed by atoms with Crippen molar-refractivity contribution in [2.75, 3.05) is 46.1 Å². The molecular weight excluding hydrogens is 578 g/mol. The van der Waals surface area contributed by atoms with Crippen LogP contribution < -0.4 is 4.74 Å². The average Bonchev–Trinajstić information content (AvgIpc) is 2.90. The molecule has 12 heteroatoms. The van der Waals surface area contributed by atoms with Crippen molar-refractivity contribution >= 4 is 28.0 Å². The lowest BCUT2D eigenvalue weighted by atomic mass is 10.1. The Balaban J connectivity index is 0.000000846. The normalized spacial score (nSPS) is 11.0. The van der Waals surface area contributed by atoms with E-state index in [-0.39, 0.29) is 42.6 Å². The number of carbonyl (C=O) groups is 3. The predicted molar refractivity (Wildman–Crippen MR) is 165 cm³/mol. The number of hydrogen-bond donors (Lipinski definition) is 1. The fraction of sp³-hybridized carbons (Fsp3) is 0.710. The van der Waals surface area contributed by atoms with Crippen LogP contribution in [0.4, 0.5) is 0 Å². The summed E-state index contributed by atoms with van der Waals surface area (Å²) in [5, 5.41) is 0. The van der Waals surface area contributed by atoms with Gasteiger partial charge in [-0.15, -0.1) is 0 Å². The number of ether oxygens (including phenoxy) is 4. The van der Waals surface area contributed by atoms with Gasteiger partial charge in [-0.2, -0.15) is 8.42 Å². The number of unbranched alkanes of at least 4 members (excludes halogenated alkanes) is 9. The first-order valence-corrected chi connectivity index (χ1v) is 16.6. The van der Waals surface area contributed by atoms with Crippen molar-refractivity contribution in [2.24, 2.45) is 0 Å². The highest BCUT2D eigenvalue weighted by Crippen LogP contribution is 2.21. The molecule has 0 bridgehead atoms. The zero-order chi connectivity index (χ0) is 32.5. The molecule has 0 spiro atoms. The minimum absolute atomic E-state index is 0.0613. The molecular formula is C31H53NO10S. The second-order valence-electron chi connectivity index (χ2n) is 10.3. The maximum atomic E-state index is 11.1. The first kappa shape index (κ1) is 40.3. The third kappa shape index (κ3) is 24.4. The van der Waals surface area contributed by atoms with Gasteiger partial charge in [0.2, 0.25) is 0 Å². The number of benzene rings is 1. The molecule has 0 heterocycles. The van der Waals surface area contributed by atoms with Gasteiger partial charge in [0.15, 0.2) is 0 Å².